The van der Waals surface area contributed by atoms with Crippen LogP contribution in [0.2, 0.25) is 0 Å². The van der Waals surface area contributed by atoms with Crippen LogP contribution >= 0.6 is 0 Å². The van der Waals surface area contributed by atoms with Gasteiger partial charge in [-0.25, -0.2) is 0 Å². The fourth-order valence-corrected chi connectivity index (χ4v) is 2.91. The summed E-state index contributed by atoms with van der Waals surface area (Å²) in [4.78, 5) is 10.9. The minimum Gasteiger partial charge on any atom is -0.493 e. The summed E-state index contributed by atoms with van der Waals surface area (Å²) < 4.78 is 11.5. The van der Waals surface area contributed by atoms with Gasteiger partial charge in [-0.15, -0.1) is 0 Å². The standard InChI is InChI=1S/C19H21N3O4/c20-19(21)22-15-3-1-12(2-4-15)10-25-16-5-6-17-14(9-16)7-13(11-26-17)8-18(23)24/h1-6,9,13H,7-8,10-11H2,(H,23,24)(H4,20,21,22). The molecule has 1 atom stereocenters. The smallest absolute Gasteiger partial charge is 0.303 e. The van der Waals surface area contributed by atoms with Crippen LogP contribution in [0.4, 0.5) is 5.69 Å². The van der Waals surface area contributed by atoms with E-state index in [-0.39, 0.29) is 18.3 Å². The Hall–Kier alpha value is -3.22. The molecule has 26 heavy (non-hydrogen) atoms. The van der Waals surface area contributed by atoms with Crippen LogP contribution in [0.25, 0.3) is 0 Å². The maximum Gasteiger partial charge on any atom is 0.303 e. The summed E-state index contributed by atoms with van der Waals surface area (Å²) in [5, 5.41) is 18.9. The molecule has 1 aliphatic rings. The number of carbonyl (C=O) groups is 1. The lowest BCUT2D eigenvalue weighted by atomic mass is 9.94. The van der Waals surface area contributed by atoms with Gasteiger partial charge in [0.05, 0.1) is 13.0 Å². The molecule has 1 heterocycles. The third-order valence-corrected chi connectivity index (χ3v) is 4.12. The molecule has 2 aromatic rings. The topological polar surface area (TPSA) is 118 Å². The number of nitrogens with two attached hydrogens (primary N) is 1. The van der Waals surface area contributed by atoms with Gasteiger partial charge in [0.1, 0.15) is 18.1 Å². The van der Waals surface area contributed by atoms with Gasteiger partial charge in [-0.3, -0.25) is 10.2 Å². The van der Waals surface area contributed by atoms with E-state index < -0.39 is 5.97 Å². The van der Waals surface area contributed by atoms with E-state index in [1.54, 1.807) is 0 Å². The van der Waals surface area contributed by atoms with Crippen LogP contribution in [0, 0.1) is 11.3 Å². The van der Waals surface area contributed by atoms with E-state index >= 15 is 0 Å². The summed E-state index contributed by atoms with van der Waals surface area (Å²) in [5.41, 5.74) is 8.00. The Kier molecular flexibility index (Phi) is 5.26. The Morgan fingerprint density at radius 2 is 2.08 bits per heavy atom. The summed E-state index contributed by atoms with van der Waals surface area (Å²) in [5.74, 6) is 0.577. The monoisotopic (exact) mass is 355 g/mol. The molecule has 1 unspecified atom stereocenters. The number of aliphatic carboxylic acids is 1. The largest absolute Gasteiger partial charge is 0.493 e. The van der Waals surface area contributed by atoms with Gasteiger partial charge in [-0.2, -0.15) is 0 Å². The molecule has 136 valence electrons. The summed E-state index contributed by atoms with van der Waals surface area (Å²) >= 11 is 0. The number of hydrogen-bond donors (Lipinski definition) is 4. The molecule has 5 N–H and O–H groups in total. The number of carboxylic acids is 1. The Bertz CT molecular complexity index is 805. The zero-order valence-electron chi connectivity index (χ0n) is 14.2. The van der Waals surface area contributed by atoms with Gasteiger partial charge in [-0.05, 0) is 47.9 Å². The van der Waals surface area contributed by atoms with Gasteiger partial charge in [0, 0.05) is 11.6 Å². The van der Waals surface area contributed by atoms with E-state index in [0.717, 1.165) is 22.6 Å². The fourth-order valence-electron chi connectivity index (χ4n) is 2.91. The molecule has 0 saturated carbocycles. The zero-order valence-corrected chi connectivity index (χ0v) is 14.2. The number of hydrogen-bond acceptors (Lipinski definition) is 4. The van der Waals surface area contributed by atoms with Gasteiger partial charge in [0.15, 0.2) is 5.96 Å². The van der Waals surface area contributed by atoms with Crippen molar-refractivity contribution in [1.29, 1.82) is 5.41 Å². The lowest BCUT2D eigenvalue weighted by Crippen LogP contribution is -2.23. The van der Waals surface area contributed by atoms with E-state index in [2.05, 4.69) is 5.32 Å². The maximum absolute atomic E-state index is 10.9. The Labute approximate surface area is 151 Å². The van der Waals surface area contributed by atoms with Crippen molar-refractivity contribution in [2.45, 2.75) is 19.4 Å². The Balaban J connectivity index is 1.60. The van der Waals surface area contributed by atoms with Crippen LogP contribution in [-0.2, 0) is 17.8 Å². The molecule has 7 nitrogen and oxygen atoms in total. The molecule has 0 saturated heterocycles. The highest BCUT2D eigenvalue weighted by Crippen LogP contribution is 2.32. The van der Waals surface area contributed by atoms with Crippen LogP contribution in [0.5, 0.6) is 11.5 Å². The molecule has 0 amide bonds. The van der Waals surface area contributed by atoms with Gasteiger partial charge in [0.25, 0.3) is 0 Å². The van der Waals surface area contributed by atoms with Crippen molar-refractivity contribution >= 4 is 17.6 Å². The first-order chi connectivity index (χ1) is 12.5. The van der Waals surface area contributed by atoms with E-state index in [4.69, 9.17) is 25.7 Å². The van der Waals surface area contributed by atoms with Gasteiger partial charge in [0.2, 0.25) is 0 Å². The summed E-state index contributed by atoms with van der Waals surface area (Å²) in [7, 11) is 0. The second-order valence-electron chi connectivity index (χ2n) is 6.27. The highest BCUT2D eigenvalue weighted by Gasteiger charge is 2.22. The van der Waals surface area contributed by atoms with Crippen molar-refractivity contribution in [2.24, 2.45) is 11.7 Å². The van der Waals surface area contributed by atoms with Crippen molar-refractivity contribution in [3.8, 4) is 11.5 Å². The molecular formula is C19H21N3O4. The van der Waals surface area contributed by atoms with Crippen LogP contribution in [-0.4, -0.2) is 23.6 Å². The number of anilines is 1. The first-order valence-corrected chi connectivity index (χ1v) is 8.30. The van der Waals surface area contributed by atoms with Crippen molar-refractivity contribution < 1.29 is 19.4 Å². The molecule has 3 rings (SSSR count). The molecule has 0 aliphatic carbocycles. The van der Waals surface area contributed by atoms with E-state index in [1.807, 2.05) is 42.5 Å². The summed E-state index contributed by atoms with van der Waals surface area (Å²) in [6.45, 7) is 0.832. The van der Waals surface area contributed by atoms with Gasteiger partial charge < -0.3 is 25.6 Å². The average molecular weight is 355 g/mol. The maximum atomic E-state index is 10.9. The third kappa shape index (κ3) is 4.66. The highest BCUT2D eigenvalue weighted by atomic mass is 16.5. The fraction of sp³-hybridized carbons (Fsp3) is 0.263. The van der Waals surface area contributed by atoms with Crippen LogP contribution in [0.1, 0.15) is 17.5 Å². The van der Waals surface area contributed by atoms with Crippen LogP contribution < -0.4 is 20.5 Å². The second-order valence-corrected chi connectivity index (χ2v) is 6.27. The van der Waals surface area contributed by atoms with Crippen LogP contribution in [0.3, 0.4) is 0 Å². The lowest BCUT2D eigenvalue weighted by molar-refractivity contribution is -0.138. The minimum atomic E-state index is -0.808. The average Bonchev–Trinajstić information content (AvgIpc) is 2.60. The van der Waals surface area contributed by atoms with Crippen molar-refractivity contribution in [3.05, 3.63) is 53.6 Å². The molecular weight excluding hydrogens is 334 g/mol. The Morgan fingerprint density at radius 3 is 2.77 bits per heavy atom. The number of rotatable bonds is 6. The molecule has 1 aliphatic heterocycles. The molecule has 7 heteroatoms. The Morgan fingerprint density at radius 1 is 1.31 bits per heavy atom. The normalized spacial score (nSPS) is 15.5. The molecule has 0 aromatic heterocycles. The third-order valence-electron chi connectivity index (χ3n) is 4.12. The lowest BCUT2D eigenvalue weighted by Gasteiger charge is -2.24. The van der Waals surface area contributed by atoms with Crippen molar-refractivity contribution in [3.63, 3.8) is 0 Å². The predicted octanol–water partition coefficient (Wildman–Crippen LogP) is 2.60. The summed E-state index contributed by atoms with van der Waals surface area (Å²) in [6, 6.07) is 13.1. The SMILES string of the molecule is N=C(N)Nc1ccc(COc2ccc3c(c2)CC(CC(=O)O)CO3)cc1. The van der Waals surface area contributed by atoms with Crippen molar-refractivity contribution in [2.75, 3.05) is 11.9 Å². The first kappa shape index (κ1) is 17.6. The van der Waals surface area contributed by atoms with E-state index in [1.165, 1.54) is 0 Å². The molecule has 0 spiro atoms. The predicted molar refractivity (Wildman–Crippen MR) is 97.7 cm³/mol. The number of benzene rings is 2. The molecule has 0 fully saturated rings. The quantitative estimate of drug-likeness (QED) is 0.467. The minimum absolute atomic E-state index is 0.0171. The first-order valence-electron chi connectivity index (χ1n) is 8.30. The summed E-state index contributed by atoms with van der Waals surface area (Å²) in [6.07, 6.45) is 0.773. The van der Waals surface area contributed by atoms with Gasteiger partial charge >= 0.3 is 5.97 Å². The van der Waals surface area contributed by atoms with Crippen LogP contribution in [0.15, 0.2) is 42.5 Å². The van der Waals surface area contributed by atoms with E-state index in [0.29, 0.717) is 25.4 Å². The molecule has 0 bridgehead atoms. The highest BCUT2D eigenvalue weighted by molar-refractivity contribution is 5.89. The van der Waals surface area contributed by atoms with Crippen molar-refractivity contribution in [1.82, 2.24) is 0 Å². The molecule has 2 aromatic carbocycles. The number of guanidine groups is 1. The number of nitrogens with one attached hydrogen (secondary N) is 2. The van der Waals surface area contributed by atoms with Gasteiger partial charge in [-0.1, -0.05) is 12.1 Å². The molecule has 0 radical (unpaired) electrons. The zero-order chi connectivity index (χ0) is 18.5. The number of carboxylic acid groups (broad SMARTS) is 1. The van der Waals surface area contributed by atoms with E-state index in [9.17, 15) is 4.79 Å². The number of ether oxygens (including phenoxy) is 2. The number of fused-ring (bicyclic) bond motifs is 1. The second kappa shape index (κ2) is 7.77.